The molecule has 1 atom stereocenters. The number of rotatable bonds is 6. The van der Waals surface area contributed by atoms with E-state index in [1.807, 2.05) is 0 Å². The van der Waals surface area contributed by atoms with Gasteiger partial charge in [0.05, 0.1) is 23.8 Å². The van der Waals surface area contributed by atoms with Crippen LogP contribution in [-0.4, -0.2) is 47.1 Å². The van der Waals surface area contributed by atoms with Crippen molar-refractivity contribution in [2.24, 2.45) is 0 Å². The van der Waals surface area contributed by atoms with Gasteiger partial charge in [-0.05, 0) is 36.0 Å². The van der Waals surface area contributed by atoms with Crippen LogP contribution >= 0.6 is 15.9 Å². The van der Waals surface area contributed by atoms with Crippen molar-refractivity contribution in [3.63, 3.8) is 0 Å². The maximum absolute atomic E-state index is 11.8. The molecule has 0 aliphatic rings. The zero-order chi connectivity index (χ0) is 15.3. The second-order valence-electron chi connectivity index (χ2n) is 4.42. The molecule has 1 unspecified atom stereocenters. The number of carbonyl (C=O) groups excluding carboxylic acids is 1. The van der Waals surface area contributed by atoms with Gasteiger partial charge in [-0.2, -0.15) is 0 Å². The Morgan fingerprint density at radius 3 is 2.75 bits per heavy atom. The number of halogens is 1. The van der Waals surface area contributed by atoms with Crippen LogP contribution in [0.3, 0.4) is 0 Å². The second kappa shape index (κ2) is 7.32. The van der Waals surface area contributed by atoms with Crippen LogP contribution in [0.25, 0.3) is 0 Å². The quantitative estimate of drug-likeness (QED) is 0.603. The number of hydrogen-bond acceptors (Lipinski definition) is 5. The summed E-state index contributed by atoms with van der Waals surface area (Å²) in [7, 11) is 1.73. The molecule has 0 saturated carbocycles. The third kappa shape index (κ3) is 4.55. The van der Waals surface area contributed by atoms with Crippen LogP contribution in [0.4, 0.5) is 11.4 Å². The fourth-order valence-electron chi connectivity index (χ4n) is 1.43. The number of non-ortho nitro benzene ring substituents is 1. The van der Waals surface area contributed by atoms with Crippen LogP contribution in [0, 0.1) is 10.1 Å². The van der Waals surface area contributed by atoms with E-state index in [4.69, 9.17) is 5.11 Å². The van der Waals surface area contributed by atoms with Crippen molar-refractivity contribution in [1.29, 1.82) is 0 Å². The molecule has 110 valence electrons. The Balaban J connectivity index is 2.69. The van der Waals surface area contributed by atoms with E-state index in [-0.39, 0.29) is 30.8 Å². The fourth-order valence-corrected chi connectivity index (χ4v) is 1.90. The molecular weight excluding hydrogens is 330 g/mol. The lowest BCUT2D eigenvalue weighted by Crippen LogP contribution is -2.38. The number of benzene rings is 1. The first-order valence-corrected chi connectivity index (χ1v) is 6.69. The monoisotopic (exact) mass is 345 g/mol. The lowest BCUT2D eigenvalue weighted by Gasteiger charge is -2.22. The second-order valence-corrected chi connectivity index (χ2v) is 5.27. The summed E-state index contributed by atoms with van der Waals surface area (Å²) in [4.78, 5) is 23.6. The number of nitro benzene ring substituents is 1. The van der Waals surface area contributed by atoms with Gasteiger partial charge < -0.3 is 10.4 Å². The van der Waals surface area contributed by atoms with E-state index >= 15 is 0 Å². The number of nitro groups is 1. The summed E-state index contributed by atoms with van der Waals surface area (Å²) in [6, 6.07) is 3.99. The third-order valence-corrected chi connectivity index (χ3v) is 3.50. The first kappa shape index (κ1) is 16.5. The van der Waals surface area contributed by atoms with Gasteiger partial charge in [0.15, 0.2) is 0 Å². The van der Waals surface area contributed by atoms with Gasteiger partial charge in [0, 0.05) is 22.6 Å². The molecule has 1 rings (SSSR count). The maximum Gasteiger partial charge on any atom is 0.270 e. The van der Waals surface area contributed by atoms with E-state index in [0.29, 0.717) is 10.2 Å². The number of carbonyl (C=O) groups is 1. The Morgan fingerprint density at radius 2 is 2.25 bits per heavy atom. The highest BCUT2D eigenvalue weighted by Crippen LogP contribution is 2.27. The zero-order valence-electron chi connectivity index (χ0n) is 11.2. The number of aliphatic hydroxyl groups is 1. The number of likely N-dealkylation sites (N-methyl/N-ethyl adjacent to an activating group) is 1. The summed E-state index contributed by atoms with van der Waals surface area (Å²) in [5.41, 5.74) is 0.409. The molecule has 1 aromatic rings. The average Bonchev–Trinajstić information content (AvgIpc) is 2.39. The van der Waals surface area contributed by atoms with Crippen LogP contribution in [0.2, 0.25) is 0 Å². The SMILES string of the molecule is CC(CO)N(C)CC(=O)Nc1ccc([N+](=O)[O-])cc1Br. The summed E-state index contributed by atoms with van der Waals surface area (Å²) >= 11 is 3.18. The van der Waals surface area contributed by atoms with Gasteiger partial charge in [0.1, 0.15) is 0 Å². The number of nitrogens with zero attached hydrogens (tertiary/aromatic N) is 2. The zero-order valence-corrected chi connectivity index (χ0v) is 12.8. The Labute approximate surface area is 124 Å². The van der Waals surface area contributed by atoms with E-state index in [1.54, 1.807) is 18.9 Å². The van der Waals surface area contributed by atoms with Gasteiger partial charge in [-0.15, -0.1) is 0 Å². The highest BCUT2D eigenvalue weighted by atomic mass is 79.9. The molecule has 0 radical (unpaired) electrons. The Bertz CT molecular complexity index is 509. The van der Waals surface area contributed by atoms with Crippen molar-refractivity contribution in [3.05, 3.63) is 32.8 Å². The molecule has 0 aliphatic heterocycles. The van der Waals surface area contributed by atoms with Crippen molar-refractivity contribution in [2.75, 3.05) is 25.5 Å². The lowest BCUT2D eigenvalue weighted by atomic mass is 10.2. The van der Waals surface area contributed by atoms with Gasteiger partial charge in [-0.3, -0.25) is 19.8 Å². The number of hydrogen-bond donors (Lipinski definition) is 2. The molecule has 2 N–H and O–H groups in total. The van der Waals surface area contributed by atoms with Crippen molar-refractivity contribution in [3.8, 4) is 0 Å². The topological polar surface area (TPSA) is 95.7 Å². The predicted octanol–water partition coefficient (Wildman–Crippen LogP) is 1.61. The van der Waals surface area contributed by atoms with Crippen LogP contribution in [0.15, 0.2) is 22.7 Å². The molecule has 0 spiro atoms. The average molecular weight is 346 g/mol. The van der Waals surface area contributed by atoms with Gasteiger partial charge in [0.25, 0.3) is 5.69 Å². The maximum atomic E-state index is 11.8. The highest BCUT2D eigenvalue weighted by molar-refractivity contribution is 9.10. The molecule has 1 amide bonds. The fraction of sp³-hybridized carbons (Fsp3) is 0.417. The molecule has 8 heteroatoms. The molecular formula is C12H16BrN3O4. The number of anilines is 1. The lowest BCUT2D eigenvalue weighted by molar-refractivity contribution is -0.384. The molecule has 0 heterocycles. The van der Waals surface area contributed by atoms with Gasteiger partial charge >= 0.3 is 0 Å². The van der Waals surface area contributed by atoms with Crippen LogP contribution in [0.1, 0.15) is 6.92 Å². The van der Waals surface area contributed by atoms with E-state index < -0.39 is 4.92 Å². The van der Waals surface area contributed by atoms with Gasteiger partial charge in [0.2, 0.25) is 5.91 Å². The molecule has 1 aromatic carbocycles. The molecule has 0 aromatic heterocycles. The largest absolute Gasteiger partial charge is 0.395 e. The minimum atomic E-state index is -0.507. The smallest absolute Gasteiger partial charge is 0.270 e. The van der Waals surface area contributed by atoms with Gasteiger partial charge in [-0.25, -0.2) is 0 Å². The first-order chi connectivity index (χ1) is 9.35. The summed E-state index contributed by atoms with van der Waals surface area (Å²) in [5.74, 6) is -0.262. The summed E-state index contributed by atoms with van der Waals surface area (Å²) < 4.78 is 0.443. The third-order valence-electron chi connectivity index (χ3n) is 2.85. The normalized spacial score (nSPS) is 12.2. The molecule has 7 nitrogen and oxygen atoms in total. The van der Waals surface area contributed by atoms with Crippen LogP contribution in [0.5, 0.6) is 0 Å². The minimum Gasteiger partial charge on any atom is -0.395 e. The van der Waals surface area contributed by atoms with Crippen molar-refractivity contribution in [2.45, 2.75) is 13.0 Å². The number of amides is 1. The predicted molar refractivity (Wildman–Crippen MR) is 78.6 cm³/mol. The van der Waals surface area contributed by atoms with Gasteiger partial charge in [-0.1, -0.05) is 0 Å². The van der Waals surface area contributed by atoms with Crippen LogP contribution in [-0.2, 0) is 4.79 Å². The minimum absolute atomic E-state index is 0.0367. The standard InChI is InChI=1S/C12H16BrN3O4/c1-8(7-17)15(2)6-12(18)14-11-4-3-9(16(19)20)5-10(11)13/h3-5,8,17H,6-7H2,1-2H3,(H,14,18). The first-order valence-electron chi connectivity index (χ1n) is 5.90. The van der Waals surface area contributed by atoms with Crippen molar-refractivity contribution >= 4 is 33.2 Å². The Morgan fingerprint density at radius 1 is 1.60 bits per heavy atom. The molecule has 0 aliphatic carbocycles. The summed E-state index contributed by atoms with van der Waals surface area (Å²) in [6.45, 7) is 1.88. The van der Waals surface area contributed by atoms with E-state index in [0.717, 1.165) is 0 Å². The Hall–Kier alpha value is -1.51. The molecule has 0 fully saturated rings. The van der Waals surface area contributed by atoms with Crippen molar-refractivity contribution in [1.82, 2.24) is 4.90 Å². The summed E-state index contributed by atoms with van der Waals surface area (Å²) in [6.07, 6.45) is 0. The van der Waals surface area contributed by atoms with Crippen LogP contribution < -0.4 is 5.32 Å². The van der Waals surface area contributed by atoms with E-state index in [2.05, 4.69) is 21.2 Å². The molecule has 20 heavy (non-hydrogen) atoms. The number of aliphatic hydroxyl groups excluding tert-OH is 1. The molecule has 0 bridgehead atoms. The van der Waals surface area contributed by atoms with E-state index in [1.165, 1.54) is 18.2 Å². The van der Waals surface area contributed by atoms with E-state index in [9.17, 15) is 14.9 Å². The summed E-state index contributed by atoms with van der Waals surface area (Å²) in [5, 5.41) is 22.3. The van der Waals surface area contributed by atoms with Crippen molar-refractivity contribution < 1.29 is 14.8 Å². The highest BCUT2D eigenvalue weighted by Gasteiger charge is 2.14. The Kier molecular flexibility index (Phi) is 6.05. The number of nitrogens with one attached hydrogen (secondary N) is 1. The molecule has 0 saturated heterocycles.